The Balaban J connectivity index is 2.05. The molecule has 0 aromatic carbocycles. The van der Waals surface area contributed by atoms with Crippen LogP contribution in [0.4, 0.5) is 5.69 Å². The van der Waals surface area contributed by atoms with Gasteiger partial charge in [-0.05, 0) is 12.3 Å². The van der Waals surface area contributed by atoms with Gasteiger partial charge in [-0.3, -0.25) is 4.68 Å². The molecule has 0 saturated heterocycles. The summed E-state index contributed by atoms with van der Waals surface area (Å²) in [5, 5.41) is 9.14. The standard InChI is InChI=1S/C13H20N4S/c1-5-12-15-7-10(18-12)6-14-11-8-17(4)16-13(11)9(2)3/h7-9,14H,5-6H2,1-4H3. The lowest BCUT2D eigenvalue weighted by atomic mass is 10.1. The number of thiazole rings is 1. The summed E-state index contributed by atoms with van der Waals surface area (Å²) in [6.45, 7) is 7.28. The fraction of sp³-hybridized carbons (Fsp3) is 0.538. The molecule has 0 aliphatic carbocycles. The number of nitrogens with zero attached hydrogens (tertiary/aromatic N) is 3. The van der Waals surface area contributed by atoms with E-state index in [0.29, 0.717) is 5.92 Å². The lowest BCUT2D eigenvalue weighted by molar-refractivity contribution is 0.713. The molecule has 18 heavy (non-hydrogen) atoms. The van der Waals surface area contributed by atoms with Crippen molar-refractivity contribution in [3.05, 3.63) is 28.0 Å². The van der Waals surface area contributed by atoms with Crippen molar-refractivity contribution in [2.24, 2.45) is 7.05 Å². The topological polar surface area (TPSA) is 42.7 Å². The predicted octanol–water partition coefficient (Wildman–Crippen LogP) is 3.17. The molecule has 2 heterocycles. The predicted molar refractivity (Wildman–Crippen MR) is 76.1 cm³/mol. The van der Waals surface area contributed by atoms with E-state index in [-0.39, 0.29) is 0 Å². The van der Waals surface area contributed by atoms with Crippen molar-refractivity contribution >= 4 is 17.0 Å². The maximum absolute atomic E-state index is 4.49. The van der Waals surface area contributed by atoms with Crippen molar-refractivity contribution in [3.8, 4) is 0 Å². The third-order valence-corrected chi connectivity index (χ3v) is 3.90. The molecule has 0 aliphatic rings. The van der Waals surface area contributed by atoms with Gasteiger partial charge in [-0.15, -0.1) is 11.3 Å². The molecule has 1 N–H and O–H groups in total. The second-order valence-electron chi connectivity index (χ2n) is 4.68. The van der Waals surface area contributed by atoms with Crippen molar-refractivity contribution in [1.29, 1.82) is 0 Å². The molecule has 5 heteroatoms. The van der Waals surface area contributed by atoms with E-state index in [0.717, 1.165) is 24.3 Å². The number of hydrogen-bond acceptors (Lipinski definition) is 4. The minimum absolute atomic E-state index is 0.432. The number of rotatable bonds is 5. The van der Waals surface area contributed by atoms with Crippen LogP contribution < -0.4 is 5.32 Å². The monoisotopic (exact) mass is 264 g/mol. The van der Waals surface area contributed by atoms with Gasteiger partial charge in [-0.1, -0.05) is 20.8 Å². The summed E-state index contributed by atoms with van der Waals surface area (Å²) in [5.41, 5.74) is 2.25. The molecule has 2 aromatic heterocycles. The Hall–Kier alpha value is -1.36. The molecular formula is C13H20N4S. The molecule has 0 aliphatic heterocycles. The highest BCUT2D eigenvalue weighted by Crippen LogP contribution is 2.23. The van der Waals surface area contributed by atoms with E-state index in [1.807, 2.05) is 24.1 Å². The summed E-state index contributed by atoms with van der Waals surface area (Å²) in [5.74, 6) is 0.432. The van der Waals surface area contributed by atoms with Gasteiger partial charge >= 0.3 is 0 Å². The zero-order chi connectivity index (χ0) is 13.1. The molecule has 0 atom stereocenters. The third kappa shape index (κ3) is 2.90. The Morgan fingerprint density at radius 1 is 1.44 bits per heavy atom. The van der Waals surface area contributed by atoms with Gasteiger partial charge in [0.05, 0.1) is 22.9 Å². The van der Waals surface area contributed by atoms with Crippen LogP contribution in [0.15, 0.2) is 12.4 Å². The van der Waals surface area contributed by atoms with Crippen molar-refractivity contribution < 1.29 is 0 Å². The van der Waals surface area contributed by atoms with Gasteiger partial charge in [0, 0.05) is 24.3 Å². The Labute approximate surface area is 112 Å². The van der Waals surface area contributed by atoms with E-state index in [1.54, 1.807) is 11.3 Å². The van der Waals surface area contributed by atoms with Gasteiger partial charge in [0.2, 0.25) is 0 Å². The van der Waals surface area contributed by atoms with Crippen LogP contribution in [-0.2, 0) is 20.0 Å². The van der Waals surface area contributed by atoms with Gasteiger partial charge in [0.15, 0.2) is 0 Å². The summed E-state index contributed by atoms with van der Waals surface area (Å²) >= 11 is 1.77. The van der Waals surface area contributed by atoms with E-state index in [9.17, 15) is 0 Å². The van der Waals surface area contributed by atoms with Gasteiger partial charge in [0.25, 0.3) is 0 Å². The SMILES string of the molecule is CCc1ncc(CNc2cn(C)nc2C(C)C)s1. The van der Waals surface area contributed by atoms with Crippen molar-refractivity contribution in [1.82, 2.24) is 14.8 Å². The van der Waals surface area contributed by atoms with E-state index < -0.39 is 0 Å². The first kappa shape index (κ1) is 13.1. The molecule has 4 nitrogen and oxygen atoms in total. The first-order valence-corrected chi connectivity index (χ1v) is 7.12. The minimum atomic E-state index is 0.432. The average molecular weight is 264 g/mol. The summed E-state index contributed by atoms with van der Waals surface area (Å²) in [6, 6.07) is 0. The van der Waals surface area contributed by atoms with Crippen LogP contribution in [0.2, 0.25) is 0 Å². The molecule has 0 bridgehead atoms. The quantitative estimate of drug-likeness (QED) is 0.902. The zero-order valence-corrected chi connectivity index (χ0v) is 12.2. The summed E-state index contributed by atoms with van der Waals surface area (Å²) < 4.78 is 1.86. The Morgan fingerprint density at radius 2 is 2.22 bits per heavy atom. The molecular weight excluding hydrogens is 244 g/mol. The molecule has 0 fully saturated rings. The zero-order valence-electron chi connectivity index (χ0n) is 11.4. The normalized spacial score (nSPS) is 11.2. The largest absolute Gasteiger partial charge is 0.377 e. The fourth-order valence-electron chi connectivity index (χ4n) is 1.84. The second-order valence-corrected chi connectivity index (χ2v) is 5.88. The molecule has 0 unspecified atom stereocenters. The summed E-state index contributed by atoms with van der Waals surface area (Å²) in [7, 11) is 1.96. The molecule has 0 radical (unpaired) electrons. The fourth-order valence-corrected chi connectivity index (χ4v) is 2.65. The third-order valence-electron chi connectivity index (χ3n) is 2.76. The van der Waals surface area contributed by atoms with E-state index >= 15 is 0 Å². The van der Waals surface area contributed by atoms with Gasteiger partial charge in [0.1, 0.15) is 0 Å². The van der Waals surface area contributed by atoms with Crippen molar-refractivity contribution in [2.45, 2.75) is 39.7 Å². The van der Waals surface area contributed by atoms with Crippen molar-refractivity contribution in [3.63, 3.8) is 0 Å². The van der Waals surface area contributed by atoms with Gasteiger partial charge in [-0.25, -0.2) is 4.98 Å². The van der Waals surface area contributed by atoms with E-state index in [1.165, 1.54) is 9.88 Å². The molecule has 2 aromatic rings. The minimum Gasteiger partial charge on any atom is -0.377 e. The Kier molecular flexibility index (Phi) is 4.01. The van der Waals surface area contributed by atoms with Gasteiger partial charge in [-0.2, -0.15) is 5.10 Å². The van der Waals surface area contributed by atoms with Crippen molar-refractivity contribution in [2.75, 3.05) is 5.32 Å². The highest BCUT2D eigenvalue weighted by Gasteiger charge is 2.11. The highest BCUT2D eigenvalue weighted by molar-refractivity contribution is 7.11. The number of anilines is 1. The van der Waals surface area contributed by atoms with Crippen LogP contribution in [0.25, 0.3) is 0 Å². The first-order chi connectivity index (χ1) is 8.60. The summed E-state index contributed by atoms with van der Waals surface area (Å²) in [4.78, 5) is 5.64. The molecule has 0 saturated carbocycles. The molecule has 0 amide bonds. The highest BCUT2D eigenvalue weighted by atomic mass is 32.1. The number of nitrogens with one attached hydrogen (secondary N) is 1. The maximum Gasteiger partial charge on any atom is 0.0925 e. The Bertz CT molecular complexity index is 513. The van der Waals surface area contributed by atoms with Crippen LogP contribution in [0, 0.1) is 0 Å². The lowest BCUT2D eigenvalue weighted by Gasteiger charge is -2.06. The lowest BCUT2D eigenvalue weighted by Crippen LogP contribution is -2.00. The van der Waals surface area contributed by atoms with Crippen LogP contribution in [-0.4, -0.2) is 14.8 Å². The number of aromatic nitrogens is 3. The van der Waals surface area contributed by atoms with E-state index in [2.05, 4.69) is 36.2 Å². The van der Waals surface area contributed by atoms with Crippen LogP contribution in [0.1, 0.15) is 42.3 Å². The number of aryl methyl sites for hydroxylation is 2. The average Bonchev–Trinajstić information content (AvgIpc) is 2.92. The second kappa shape index (κ2) is 5.52. The maximum atomic E-state index is 4.49. The number of hydrogen-bond donors (Lipinski definition) is 1. The van der Waals surface area contributed by atoms with Crippen LogP contribution >= 0.6 is 11.3 Å². The van der Waals surface area contributed by atoms with Crippen LogP contribution in [0.3, 0.4) is 0 Å². The Morgan fingerprint density at radius 3 is 2.83 bits per heavy atom. The van der Waals surface area contributed by atoms with Crippen LogP contribution in [0.5, 0.6) is 0 Å². The van der Waals surface area contributed by atoms with E-state index in [4.69, 9.17) is 0 Å². The summed E-state index contributed by atoms with van der Waals surface area (Å²) in [6.07, 6.45) is 5.01. The molecule has 2 rings (SSSR count). The molecule has 98 valence electrons. The van der Waals surface area contributed by atoms with Gasteiger partial charge < -0.3 is 5.32 Å². The first-order valence-electron chi connectivity index (χ1n) is 6.31. The smallest absolute Gasteiger partial charge is 0.0925 e. The molecule has 0 spiro atoms.